The van der Waals surface area contributed by atoms with E-state index in [2.05, 4.69) is 41.9 Å². The van der Waals surface area contributed by atoms with Gasteiger partial charge in [0.05, 0.1) is 18.3 Å². The first kappa shape index (κ1) is 15.2. The molecule has 0 aliphatic heterocycles. The standard InChI is InChI=1S/C19H20N2O2/c1-12-5-6-14(9-13(12)2)21(3)17-7-8-20-16-11-18(22)19(23-4)10-15(16)17/h5-11,22H,1-4H3. The van der Waals surface area contributed by atoms with Crippen molar-refractivity contribution in [2.75, 3.05) is 19.1 Å². The van der Waals surface area contributed by atoms with E-state index in [1.54, 1.807) is 19.4 Å². The Morgan fingerprint density at radius 1 is 1.04 bits per heavy atom. The molecule has 1 N–H and O–H groups in total. The van der Waals surface area contributed by atoms with Gasteiger partial charge in [-0.25, -0.2) is 0 Å². The Labute approximate surface area is 136 Å². The van der Waals surface area contributed by atoms with Crippen molar-refractivity contribution in [3.05, 3.63) is 53.7 Å². The Kier molecular flexibility index (Phi) is 3.82. The van der Waals surface area contributed by atoms with Gasteiger partial charge in [0.1, 0.15) is 0 Å². The van der Waals surface area contributed by atoms with Crippen LogP contribution in [0.1, 0.15) is 11.1 Å². The van der Waals surface area contributed by atoms with E-state index in [-0.39, 0.29) is 5.75 Å². The van der Waals surface area contributed by atoms with Crippen LogP contribution in [0.15, 0.2) is 42.6 Å². The molecule has 0 radical (unpaired) electrons. The minimum atomic E-state index is 0.0958. The highest BCUT2D eigenvalue weighted by Crippen LogP contribution is 2.36. The number of aryl methyl sites for hydroxylation is 2. The lowest BCUT2D eigenvalue weighted by molar-refractivity contribution is 0.374. The maximum absolute atomic E-state index is 9.94. The molecule has 0 aliphatic carbocycles. The average molecular weight is 308 g/mol. The molecule has 0 saturated carbocycles. The van der Waals surface area contributed by atoms with E-state index in [4.69, 9.17) is 4.74 Å². The molecule has 0 unspecified atom stereocenters. The molecule has 118 valence electrons. The Balaban J connectivity index is 2.16. The molecule has 4 heteroatoms. The normalized spacial score (nSPS) is 10.8. The fraction of sp³-hybridized carbons (Fsp3) is 0.211. The van der Waals surface area contributed by atoms with Gasteiger partial charge in [-0.15, -0.1) is 0 Å². The van der Waals surface area contributed by atoms with Gasteiger partial charge in [0.15, 0.2) is 11.5 Å². The van der Waals surface area contributed by atoms with Gasteiger partial charge < -0.3 is 14.7 Å². The molecule has 0 fully saturated rings. The third-order valence-electron chi connectivity index (χ3n) is 4.26. The number of hydrogen-bond donors (Lipinski definition) is 1. The number of ether oxygens (including phenoxy) is 1. The van der Waals surface area contributed by atoms with Gasteiger partial charge in [0, 0.05) is 30.4 Å². The molecule has 1 heterocycles. The SMILES string of the molecule is COc1cc2c(N(C)c3ccc(C)c(C)c3)ccnc2cc1O. The smallest absolute Gasteiger partial charge is 0.161 e. The van der Waals surface area contributed by atoms with E-state index in [0.717, 1.165) is 22.3 Å². The number of phenolic OH excluding ortho intramolecular Hbond substituents is 1. The summed E-state index contributed by atoms with van der Waals surface area (Å²) in [7, 11) is 3.57. The maximum Gasteiger partial charge on any atom is 0.161 e. The van der Waals surface area contributed by atoms with E-state index in [0.29, 0.717) is 5.75 Å². The Morgan fingerprint density at radius 3 is 2.52 bits per heavy atom. The Morgan fingerprint density at radius 2 is 1.83 bits per heavy atom. The fourth-order valence-corrected chi connectivity index (χ4v) is 2.68. The lowest BCUT2D eigenvalue weighted by atomic mass is 10.1. The van der Waals surface area contributed by atoms with Gasteiger partial charge in [-0.3, -0.25) is 4.98 Å². The van der Waals surface area contributed by atoms with Crippen molar-refractivity contribution in [1.29, 1.82) is 0 Å². The summed E-state index contributed by atoms with van der Waals surface area (Å²) in [5.41, 5.74) is 5.37. The van der Waals surface area contributed by atoms with Crippen molar-refractivity contribution in [2.24, 2.45) is 0 Å². The van der Waals surface area contributed by atoms with Crippen LogP contribution < -0.4 is 9.64 Å². The summed E-state index contributed by atoms with van der Waals surface area (Å²) < 4.78 is 5.23. The number of fused-ring (bicyclic) bond motifs is 1. The highest BCUT2D eigenvalue weighted by atomic mass is 16.5. The summed E-state index contributed by atoms with van der Waals surface area (Å²) >= 11 is 0. The summed E-state index contributed by atoms with van der Waals surface area (Å²) in [6.45, 7) is 4.22. The van der Waals surface area contributed by atoms with Crippen molar-refractivity contribution < 1.29 is 9.84 Å². The molecule has 0 aliphatic rings. The molecule has 2 aromatic carbocycles. The highest BCUT2D eigenvalue weighted by molar-refractivity contribution is 5.95. The van der Waals surface area contributed by atoms with Crippen LogP contribution in [0.5, 0.6) is 11.5 Å². The summed E-state index contributed by atoms with van der Waals surface area (Å²) in [6, 6.07) is 11.8. The number of methoxy groups -OCH3 is 1. The minimum absolute atomic E-state index is 0.0958. The number of nitrogens with zero attached hydrogens (tertiary/aromatic N) is 2. The van der Waals surface area contributed by atoms with E-state index in [1.165, 1.54) is 11.1 Å². The summed E-state index contributed by atoms with van der Waals surface area (Å²) in [5, 5.41) is 10.9. The molecule has 1 aromatic heterocycles. The van der Waals surface area contributed by atoms with Gasteiger partial charge in [-0.05, 0) is 49.2 Å². The lowest BCUT2D eigenvalue weighted by Crippen LogP contribution is -2.10. The van der Waals surface area contributed by atoms with Crippen LogP contribution in [0, 0.1) is 13.8 Å². The predicted molar refractivity (Wildman–Crippen MR) is 93.9 cm³/mol. The van der Waals surface area contributed by atoms with Gasteiger partial charge in [-0.1, -0.05) is 6.07 Å². The number of aromatic nitrogens is 1. The molecular formula is C19H20N2O2. The predicted octanol–water partition coefficient (Wildman–Crippen LogP) is 4.33. The zero-order chi connectivity index (χ0) is 16.6. The van der Waals surface area contributed by atoms with E-state index >= 15 is 0 Å². The molecule has 3 rings (SSSR count). The molecule has 4 nitrogen and oxygen atoms in total. The Bertz CT molecular complexity index is 875. The van der Waals surface area contributed by atoms with Crippen LogP contribution in [-0.4, -0.2) is 24.2 Å². The summed E-state index contributed by atoms with van der Waals surface area (Å²) in [4.78, 5) is 6.46. The third kappa shape index (κ3) is 2.68. The van der Waals surface area contributed by atoms with Crippen LogP contribution in [-0.2, 0) is 0 Å². The van der Waals surface area contributed by atoms with Crippen molar-refractivity contribution in [1.82, 2.24) is 4.98 Å². The zero-order valence-electron chi connectivity index (χ0n) is 13.8. The number of pyridine rings is 1. The summed E-state index contributed by atoms with van der Waals surface area (Å²) in [5.74, 6) is 0.540. The minimum Gasteiger partial charge on any atom is -0.504 e. The van der Waals surface area contributed by atoms with Crippen molar-refractivity contribution in [3.8, 4) is 11.5 Å². The first-order valence-electron chi connectivity index (χ1n) is 7.48. The quantitative estimate of drug-likeness (QED) is 0.782. The molecule has 3 aromatic rings. The number of benzene rings is 2. The van der Waals surface area contributed by atoms with Gasteiger partial charge in [0.25, 0.3) is 0 Å². The fourth-order valence-electron chi connectivity index (χ4n) is 2.68. The van der Waals surface area contributed by atoms with Crippen LogP contribution >= 0.6 is 0 Å². The second-order valence-corrected chi connectivity index (χ2v) is 5.70. The van der Waals surface area contributed by atoms with Gasteiger partial charge in [-0.2, -0.15) is 0 Å². The topological polar surface area (TPSA) is 45.6 Å². The first-order chi connectivity index (χ1) is 11.0. The lowest BCUT2D eigenvalue weighted by Gasteiger charge is -2.22. The molecule has 0 amide bonds. The van der Waals surface area contributed by atoms with Crippen molar-refractivity contribution in [2.45, 2.75) is 13.8 Å². The number of phenols is 1. The number of rotatable bonds is 3. The van der Waals surface area contributed by atoms with Crippen LogP contribution in [0.25, 0.3) is 10.9 Å². The van der Waals surface area contributed by atoms with E-state index in [9.17, 15) is 5.11 Å². The number of anilines is 2. The maximum atomic E-state index is 9.94. The molecule has 23 heavy (non-hydrogen) atoms. The number of hydrogen-bond acceptors (Lipinski definition) is 4. The average Bonchev–Trinajstić information content (AvgIpc) is 2.55. The molecule has 0 bridgehead atoms. The van der Waals surface area contributed by atoms with Crippen molar-refractivity contribution in [3.63, 3.8) is 0 Å². The van der Waals surface area contributed by atoms with Gasteiger partial charge >= 0.3 is 0 Å². The molecule has 0 spiro atoms. The van der Waals surface area contributed by atoms with E-state index < -0.39 is 0 Å². The number of aromatic hydroxyl groups is 1. The van der Waals surface area contributed by atoms with Crippen LogP contribution in [0.3, 0.4) is 0 Å². The summed E-state index contributed by atoms with van der Waals surface area (Å²) in [6.07, 6.45) is 1.75. The molecule has 0 saturated heterocycles. The first-order valence-corrected chi connectivity index (χ1v) is 7.48. The Hall–Kier alpha value is -2.75. The van der Waals surface area contributed by atoms with Crippen molar-refractivity contribution >= 4 is 22.3 Å². The third-order valence-corrected chi connectivity index (χ3v) is 4.26. The van der Waals surface area contributed by atoms with Crippen LogP contribution in [0.4, 0.5) is 11.4 Å². The zero-order valence-corrected chi connectivity index (χ0v) is 13.8. The van der Waals surface area contributed by atoms with E-state index in [1.807, 2.05) is 19.2 Å². The molecule has 0 atom stereocenters. The highest BCUT2D eigenvalue weighted by Gasteiger charge is 2.12. The second-order valence-electron chi connectivity index (χ2n) is 5.70. The van der Waals surface area contributed by atoms with Crippen LogP contribution in [0.2, 0.25) is 0 Å². The second kappa shape index (κ2) is 5.80. The molecular weight excluding hydrogens is 288 g/mol. The largest absolute Gasteiger partial charge is 0.504 e. The monoisotopic (exact) mass is 308 g/mol. The van der Waals surface area contributed by atoms with Gasteiger partial charge in [0.2, 0.25) is 0 Å².